The second-order valence-electron chi connectivity index (χ2n) is 6.34. The van der Waals surface area contributed by atoms with Crippen LogP contribution in [-0.2, 0) is 9.63 Å². The zero-order valence-electron chi connectivity index (χ0n) is 15.9. The third kappa shape index (κ3) is 4.59. The van der Waals surface area contributed by atoms with Crippen molar-refractivity contribution >= 4 is 17.5 Å². The summed E-state index contributed by atoms with van der Waals surface area (Å²) in [6, 6.07) is 10.8. The van der Waals surface area contributed by atoms with Crippen molar-refractivity contribution in [3.05, 3.63) is 58.7 Å². The maximum absolute atomic E-state index is 12.1. The molecule has 0 atom stereocenters. The molecule has 2 amide bonds. The van der Waals surface area contributed by atoms with Crippen LogP contribution in [0.3, 0.4) is 0 Å². The van der Waals surface area contributed by atoms with E-state index in [-0.39, 0.29) is 13.4 Å². The number of carbonyl (C=O) groups excluding carboxylic acids is 2. The predicted octanol–water partition coefficient (Wildman–Crippen LogP) is 2.23. The van der Waals surface area contributed by atoms with Crippen LogP contribution in [0.25, 0.3) is 0 Å². The molecule has 0 radical (unpaired) electrons. The molecule has 0 aromatic heterocycles. The lowest BCUT2D eigenvalue weighted by Crippen LogP contribution is -2.43. The molecule has 3 rings (SSSR count). The molecule has 2 aromatic carbocycles. The van der Waals surface area contributed by atoms with Gasteiger partial charge in [-0.15, -0.1) is 0 Å². The van der Waals surface area contributed by atoms with Crippen LogP contribution in [0.4, 0.5) is 0 Å². The molecular formula is C20H21N3O5. The van der Waals surface area contributed by atoms with Crippen LogP contribution in [-0.4, -0.2) is 30.9 Å². The fourth-order valence-electron chi connectivity index (χ4n) is 2.66. The fourth-order valence-corrected chi connectivity index (χ4v) is 2.66. The summed E-state index contributed by atoms with van der Waals surface area (Å²) in [5.74, 6) is 0.390. The van der Waals surface area contributed by atoms with Gasteiger partial charge in [0.1, 0.15) is 0 Å². The van der Waals surface area contributed by atoms with Crippen molar-refractivity contribution in [2.75, 3.05) is 13.4 Å². The van der Waals surface area contributed by atoms with Crippen LogP contribution >= 0.6 is 0 Å². The summed E-state index contributed by atoms with van der Waals surface area (Å²) < 4.78 is 10.6. The zero-order chi connectivity index (χ0) is 20.1. The summed E-state index contributed by atoms with van der Waals surface area (Å²) in [6.07, 6.45) is 0. The number of hydrogen-bond donors (Lipinski definition) is 2. The molecule has 8 nitrogen and oxygen atoms in total. The van der Waals surface area contributed by atoms with E-state index in [0.29, 0.717) is 22.8 Å². The number of carbonyl (C=O) groups is 2. The Morgan fingerprint density at radius 3 is 2.64 bits per heavy atom. The van der Waals surface area contributed by atoms with Gasteiger partial charge in [-0.3, -0.25) is 20.4 Å². The van der Waals surface area contributed by atoms with E-state index in [4.69, 9.17) is 14.3 Å². The molecule has 1 heterocycles. The van der Waals surface area contributed by atoms with Gasteiger partial charge in [0, 0.05) is 11.1 Å². The van der Waals surface area contributed by atoms with E-state index in [1.807, 2.05) is 32.0 Å². The van der Waals surface area contributed by atoms with Crippen molar-refractivity contribution in [2.45, 2.75) is 20.8 Å². The maximum atomic E-state index is 12.1. The van der Waals surface area contributed by atoms with Crippen LogP contribution in [0, 0.1) is 13.8 Å². The highest BCUT2D eigenvalue weighted by Crippen LogP contribution is 2.32. The second-order valence-corrected chi connectivity index (χ2v) is 6.34. The van der Waals surface area contributed by atoms with Crippen LogP contribution < -0.4 is 20.3 Å². The number of nitrogens with zero attached hydrogens (tertiary/aromatic N) is 1. The highest BCUT2D eigenvalue weighted by molar-refractivity contribution is 5.99. The summed E-state index contributed by atoms with van der Waals surface area (Å²) >= 11 is 0. The van der Waals surface area contributed by atoms with Gasteiger partial charge in [-0.2, -0.15) is 0 Å². The van der Waals surface area contributed by atoms with E-state index in [9.17, 15) is 9.59 Å². The Morgan fingerprint density at radius 1 is 1.07 bits per heavy atom. The lowest BCUT2D eigenvalue weighted by molar-refractivity contribution is -0.126. The van der Waals surface area contributed by atoms with E-state index < -0.39 is 11.8 Å². The molecule has 0 spiro atoms. The highest BCUT2D eigenvalue weighted by atomic mass is 16.7. The molecule has 0 bridgehead atoms. The first-order valence-electron chi connectivity index (χ1n) is 8.67. The van der Waals surface area contributed by atoms with Gasteiger partial charge in [0.15, 0.2) is 18.1 Å². The molecule has 146 valence electrons. The molecule has 1 aliphatic heterocycles. The lowest BCUT2D eigenvalue weighted by atomic mass is 10.1. The quantitative estimate of drug-likeness (QED) is 0.609. The minimum atomic E-state index is -0.527. The topological polar surface area (TPSA) is 98.2 Å². The summed E-state index contributed by atoms with van der Waals surface area (Å²) in [5.41, 5.74) is 8.39. The van der Waals surface area contributed by atoms with Gasteiger partial charge in [-0.05, 0) is 50.6 Å². The zero-order valence-corrected chi connectivity index (χ0v) is 15.9. The maximum Gasteiger partial charge on any atom is 0.279 e. The molecule has 0 fully saturated rings. The number of fused-ring (bicyclic) bond motifs is 1. The molecule has 0 unspecified atom stereocenters. The average Bonchev–Trinajstić information content (AvgIpc) is 3.13. The van der Waals surface area contributed by atoms with E-state index in [1.54, 1.807) is 25.1 Å². The third-order valence-electron chi connectivity index (χ3n) is 4.13. The number of ether oxygens (including phenoxy) is 2. The highest BCUT2D eigenvalue weighted by Gasteiger charge is 2.14. The van der Waals surface area contributed by atoms with Crippen molar-refractivity contribution in [1.29, 1.82) is 0 Å². The first-order valence-corrected chi connectivity index (χ1v) is 8.67. The monoisotopic (exact) mass is 383 g/mol. The van der Waals surface area contributed by atoms with Crippen LogP contribution in [0.2, 0.25) is 0 Å². The van der Waals surface area contributed by atoms with Gasteiger partial charge in [0.2, 0.25) is 6.79 Å². The summed E-state index contributed by atoms with van der Waals surface area (Å²) in [5, 5.41) is 3.92. The Morgan fingerprint density at radius 2 is 1.86 bits per heavy atom. The standard InChI is InChI=1S/C20H21N3O5/c1-12-4-6-16(13(2)8-12)20(25)22-21-19(24)10-28-23-14(3)15-5-7-17-18(9-15)27-11-26-17/h4-9H,10-11H2,1-3H3,(H,21,24)(H,22,25)/b23-14-. The van der Waals surface area contributed by atoms with E-state index in [1.165, 1.54) is 0 Å². The van der Waals surface area contributed by atoms with Crippen molar-refractivity contribution in [1.82, 2.24) is 10.9 Å². The normalized spacial score (nSPS) is 12.5. The third-order valence-corrected chi connectivity index (χ3v) is 4.13. The lowest BCUT2D eigenvalue weighted by Gasteiger charge is -2.09. The summed E-state index contributed by atoms with van der Waals surface area (Å²) in [6.45, 7) is 5.38. The number of hydrazine groups is 1. The van der Waals surface area contributed by atoms with E-state index in [0.717, 1.165) is 16.7 Å². The largest absolute Gasteiger partial charge is 0.454 e. The van der Waals surface area contributed by atoms with Gasteiger partial charge in [0.05, 0.1) is 5.71 Å². The minimum Gasteiger partial charge on any atom is -0.454 e. The van der Waals surface area contributed by atoms with Crippen LogP contribution in [0.1, 0.15) is 34.0 Å². The van der Waals surface area contributed by atoms with Crippen molar-refractivity contribution < 1.29 is 23.9 Å². The number of aryl methyl sites for hydroxylation is 2. The van der Waals surface area contributed by atoms with Gasteiger partial charge >= 0.3 is 0 Å². The number of amides is 2. The minimum absolute atomic E-state index is 0.194. The van der Waals surface area contributed by atoms with Crippen LogP contribution in [0.15, 0.2) is 41.6 Å². The molecule has 0 aliphatic carbocycles. The molecule has 28 heavy (non-hydrogen) atoms. The van der Waals surface area contributed by atoms with Gasteiger partial charge in [0.25, 0.3) is 11.8 Å². The first-order chi connectivity index (χ1) is 13.4. The predicted molar refractivity (Wildman–Crippen MR) is 102 cm³/mol. The Balaban J connectivity index is 1.47. The van der Waals surface area contributed by atoms with Gasteiger partial charge < -0.3 is 14.3 Å². The molecule has 0 saturated carbocycles. The first kappa shape index (κ1) is 19.2. The molecular weight excluding hydrogens is 362 g/mol. The Hall–Kier alpha value is -3.55. The number of hydrogen-bond acceptors (Lipinski definition) is 6. The Bertz CT molecular complexity index is 939. The van der Waals surface area contributed by atoms with Gasteiger partial charge in [-0.25, -0.2) is 0 Å². The molecule has 2 N–H and O–H groups in total. The number of oxime groups is 1. The smallest absolute Gasteiger partial charge is 0.279 e. The molecule has 0 saturated heterocycles. The Kier molecular flexibility index (Phi) is 5.78. The van der Waals surface area contributed by atoms with E-state index in [2.05, 4.69) is 16.0 Å². The summed E-state index contributed by atoms with van der Waals surface area (Å²) in [7, 11) is 0. The number of benzene rings is 2. The van der Waals surface area contributed by atoms with Gasteiger partial charge in [-0.1, -0.05) is 22.9 Å². The van der Waals surface area contributed by atoms with Crippen molar-refractivity contribution in [3.8, 4) is 11.5 Å². The molecule has 2 aromatic rings. The number of rotatable bonds is 5. The molecule has 8 heteroatoms. The second kappa shape index (κ2) is 8.43. The van der Waals surface area contributed by atoms with Crippen molar-refractivity contribution in [2.24, 2.45) is 5.16 Å². The number of nitrogens with one attached hydrogen (secondary N) is 2. The van der Waals surface area contributed by atoms with E-state index >= 15 is 0 Å². The van der Waals surface area contributed by atoms with Crippen molar-refractivity contribution in [3.63, 3.8) is 0 Å². The molecule has 1 aliphatic rings. The Labute approximate surface area is 162 Å². The summed E-state index contributed by atoms with van der Waals surface area (Å²) in [4.78, 5) is 29.0. The van der Waals surface area contributed by atoms with Crippen LogP contribution in [0.5, 0.6) is 11.5 Å². The average molecular weight is 383 g/mol. The fraction of sp³-hybridized carbons (Fsp3) is 0.250. The SMILES string of the molecule is C/C(=N/OCC(=O)NNC(=O)c1ccc(C)cc1C)c1ccc2c(c1)OCO2.